The number of esters is 1. The average molecular weight is 418 g/mol. The summed E-state index contributed by atoms with van der Waals surface area (Å²) >= 11 is 1.14. The first-order valence-electron chi connectivity index (χ1n) is 9.48. The van der Waals surface area contributed by atoms with Gasteiger partial charge in [-0.3, -0.25) is 4.79 Å². The molecule has 1 aliphatic carbocycles. The van der Waals surface area contributed by atoms with Crippen LogP contribution in [0.3, 0.4) is 0 Å². The number of carbonyl (C=O) groups is 3. The van der Waals surface area contributed by atoms with Crippen LogP contribution in [0.1, 0.15) is 43.0 Å². The van der Waals surface area contributed by atoms with Crippen molar-refractivity contribution in [3.05, 3.63) is 41.0 Å². The smallest absolute Gasteiger partial charge is 0.341 e. The number of halogens is 1. The molecular weight excluding hydrogens is 397 g/mol. The molecule has 1 aliphatic rings. The van der Waals surface area contributed by atoms with Crippen molar-refractivity contribution in [2.24, 2.45) is 11.8 Å². The monoisotopic (exact) mass is 418 g/mol. The van der Waals surface area contributed by atoms with Crippen molar-refractivity contribution in [1.82, 2.24) is 0 Å². The first kappa shape index (κ1) is 21.0. The van der Waals surface area contributed by atoms with E-state index in [1.165, 1.54) is 12.1 Å². The van der Waals surface area contributed by atoms with Gasteiger partial charge in [-0.25, -0.2) is 9.18 Å². The highest BCUT2D eigenvalue weighted by Crippen LogP contribution is 2.38. The summed E-state index contributed by atoms with van der Waals surface area (Å²) in [5, 5.41) is 16.1. The number of benzene rings is 1. The molecule has 1 heterocycles. The Balaban J connectivity index is 1.92. The molecule has 8 heteroatoms. The zero-order chi connectivity index (χ0) is 21.0. The number of thiophene rings is 1. The van der Waals surface area contributed by atoms with Gasteiger partial charge in [0, 0.05) is 28.7 Å². The van der Waals surface area contributed by atoms with Crippen LogP contribution in [-0.2, 0) is 14.3 Å². The van der Waals surface area contributed by atoms with Crippen LogP contribution in [0.2, 0.25) is 0 Å². The molecule has 6 nitrogen and oxygen atoms in total. The number of amides is 1. The second kappa shape index (κ2) is 9.17. The zero-order valence-corrected chi connectivity index (χ0v) is 16.7. The molecule has 0 aliphatic heterocycles. The molecule has 154 valence electrons. The normalized spacial score (nSPS) is 18.8. The largest absolute Gasteiger partial charge is 0.550 e. The van der Waals surface area contributed by atoms with E-state index in [0.29, 0.717) is 24.0 Å². The number of carboxylic acids is 1. The van der Waals surface area contributed by atoms with Gasteiger partial charge >= 0.3 is 5.97 Å². The highest BCUT2D eigenvalue weighted by Gasteiger charge is 2.33. The summed E-state index contributed by atoms with van der Waals surface area (Å²) in [5.74, 6) is -4.23. The summed E-state index contributed by atoms with van der Waals surface area (Å²) in [7, 11) is 0. The third-order valence-corrected chi connectivity index (χ3v) is 5.96. The fraction of sp³-hybridized carbons (Fsp3) is 0.381. The van der Waals surface area contributed by atoms with E-state index >= 15 is 0 Å². The summed E-state index contributed by atoms with van der Waals surface area (Å²) in [4.78, 5) is 36.8. The van der Waals surface area contributed by atoms with Crippen molar-refractivity contribution in [3.63, 3.8) is 0 Å². The van der Waals surface area contributed by atoms with Crippen LogP contribution in [0.25, 0.3) is 11.1 Å². The van der Waals surface area contributed by atoms with Crippen LogP contribution in [0.15, 0.2) is 29.6 Å². The van der Waals surface area contributed by atoms with Crippen LogP contribution in [0.4, 0.5) is 9.39 Å². The first-order chi connectivity index (χ1) is 13.9. The molecule has 0 saturated heterocycles. The Morgan fingerprint density at radius 2 is 1.83 bits per heavy atom. The fourth-order valence-corrected chi connectivity index (χ4v) is 4.59. The maximum Gasteiger partial charge on any atom is 0.341 e. The lowest BCUT2D eigenvalue weighted by atomic mass is 9.79. The van der Waals surface area contributed by atoms with E-state index < -0.39 is 35.5 Å². The maximum absolute atomic E-state index is 13.3. The summed E-state index contributed by atoms with van der Waals surface area (Å²) in [6, 6.07) is 5.65. The van der Waals surface area contributed by atoms with Crippen molar-refractivity contribution >= 4 is 34.2 Å². The molecule has 0 bridgehead atoms. The van der Waals surface area contributed by atoms with E-state index in [1.54, 1.807) is 24.4 Å². The highest BCUT2D eigenvalue weighted by atomic mass is 32.1. The Kier molecular flexibility index (Phi) is 6.64. The van der Waals surface area contributed by atoms with Gasteiger partial charge < -0.3 is 20.0 Å². The van der Waals surface area contributed by atoms with Gasteiger partial charge in [-0.15, -0.1) is 11.3 Å². The Bertz CT molecular complexity index is 908. The predicted molar refractivity (Wildman–Crippen MR) is 105 cm³/mol. The Hall–Kier alpha value is -2.74. The molecule has 1 amide bonds. The third kappa shape index (κ3) is 4.64. The third-order valence-electron chi connectivity index (χ3n) is 5.07. The van der Waals surface area contributed by atoms with Gasteiger partial charge in [0.2, 0.25) is 5.91 Å². The van der Waals surface area contributed by atoms with Crippen LogP contribution in [0.5, 0.6) is 0 Å². The molecule has 1 N–H and O–H groups in total. The molecule has 0 spiro atoms. The van der Waals surface area contributed by atoms with Gasteiger partial charge in [0.25, 0.3) is 0 Å². The summed E-state index contributed by atoms with van der Waals surface area (Å²) in [6.07, 6.45) is 2.36. The minimum absolute atomic E-state index is 0.153. The van der Waals surface area contributed by atoms with Crippen molar-refractivity contribution in [2.75, 3.05) is 11.9 Å². The molecule has 3 rings (SSSR count). The number of aliphatic carboxylic acids is 1. The number of rotatable bonds is 6. The molecule has 0 radical (unpaired) electrons. The van der Waals surface area contributed by atoms with Crippen LogP contribution < -0.4 is 10.4 Å². The van der Waals surface area contributed by atoms with Gasteiger partial charge in [-0.1, -0.05) is 25.0 Å². The number of carboxylic acid groups (broad SMARTS) is 1. The second-order valence-corrected chi connectivity index (χ2v) is 7.77. The summed E-state index contributed by atoms with van der Waals surface area (Å²) < 4.78 is 18.4. The van der Waals surface area contributed by atoms with Crippen molar-refractivity contribution in [1.29, 1.82) is 0 Å². The van der Waals surface area contributed by atoms with Gasteiger partial charge in [0.15, 0.2) is 0 Å². The predicted octanol–water partition coefficient (Wildman–Crippen LogP) is 3.23. The molecule has 1 aromatic carbocycles. The minimum atomic E-state index is -1.23. The number of nitrogens with one attached hydrogen (secondary N) is 1. The number of hydrogen-bond donors (Lipinski definition) is 1. The van der Waals surface area contributed by atoms with Crippen LogP contribution >= 0.6 is 11.3 Å². The number of carbonyl (C=O) groups excluding carboxylic acids is 3. The molecule has 0 unspecified atom stereocenters. The molecule has 1 saturated carbocycles. The van der Waals surface area contributed by atoms with Crippen molar-refractivity contribution in [2.45, 2.75) is 32.6 Å². The maximum atomic E-state index is 13.3. The second-order valence-electron chi connectivity index (χ2n) is 6.89. The standard InChI is InChI=1S/C21H22FNO5S/c1-2-28-21(27)17-16(12-7-9-13(22)10-8-12)11-29-19(17)23-18(24)14-5-3-4-6-15(14)20(25)26/h7-11,14-15H,2-6H2,1H3,(H,23,24)(H,25,26)/p-1/t14-,15-/m1/s1. The molecule has 29 heavy (non-hydrogen) atoms. The first-order valence-corrected chi connectivity index (χ1v) is 10.4. The SMILES string of the molecule is CCOC(=O)c1c(-c2ccc(F)cc2)csc1NC(=O)[C@@H]1CCCC[C@H]1C(=O)[O-]. The van der Waals surface area contributed by atoms with Gasteiger partial charge in [0.05, 0.1) is 6.61 Å². The minimum Gasteiger partial charge on any atom is -0.550 e. The number of hydrogen-bond acceptors (Lipinski definition) is 6. The molecule has 2 atom stereocenters. The molecule has 1 fully saturated rings. The number of anilines is 1. The zero-order valence-electron chi connectivity index (χ0n) is 15.9. The van der Waals surface area contributed by atoms with E-state index in [-0.39, 0.29) is 17.2 Å². The summed E-state index contributed by atoms with van der Waals surface area (Å²) in [6.45, 7) is 1.83. The van der Waals surface area contributed by atoms with Gasteiger partial charge in [-0.05, 0) is 37.5 Å². The Labute approximate surface area is 171 Å². The van der Waals surface area contributed by atoms with E-state index in [9.17, 15) is 23.9 Å². The fourth-order valence-electron chi connectivity index (χ4n) is 3.63. The van der Waals surface area contributed by atoms with E-state index in [4.69, 9.17) is 4.74 Å². The molecule has 1 aromatic heterocycles. The quantitative estimate of drug-likeness (QED) is 0.727. The lowest BCUT2D eigenvalue weighted by molar-refractivity contribution is -0.313. The van der Waals surface area contributed by atoms with E-state index in [0.717, 1.165) is 24.2 Å². The van der Waals surface area contributed by atoms with Crippen LogP contribution in [-0.4, -0.2) is 24.5 Å². The van der Waals surface area contributed by atoms with Gasteiger partial charge in [-0.2, -0.15) is 0 Å². The lowest BCUT2D eigenvalue weighted by Gasteiger charge is -2.31. The van der Waals surface area contributed by atoms with E-state index in [1.807, 2.05) is 0 Å². The lowest BCUT2D eigenvalue weighted by Crippen LogP contribution is -2.42. The van der Waals surface area contributed by atoms with Gasteiger partial charge in [0.1, 0.15) is 16.4 Å². The summed E-state index contributed by atoms with van der Waals surface area (Å²) in [5.41, 5.74) is 1.30. The van der Waals surface area contributed by atoms with Crippen LogP contribution in [0, 0.1) is 17.7 Å². The Morgan fingerprint density at radius 3 is 2.45 bits per heavy atom. The van der Waals surface area contributed by atoms with Crippen molar-refractivity contribution in [3.8, 4) is 11.1 Å². The highest BCUT2D eigenvalue weighted by molar-refractivity contribution is 7.15. The van der Waals surface area contributed by atoms with E-state index in [2.05, 4.69) is 5.32 Å². The Morgan fingerprint density at radius 1 is 1.17 bits per heavy atom. The molecular formula is C21H21FNO5S-. The topological polar surface area (TPSA) is 95.5 Å². The number of ether oxygens (including phenoxy) is 1. The van der Waals surface area contributed by atoms with Crippen molar-refractivity contribution < 1.29 is 28.6 Å². The molecule has 2 aromatic rings. The average Bonchev–Trinajstić information content (AvgIpc) is 3.12.